The third-order valence-electron chi connectivity index (χ3n) is 12.7. The molecule has 0 unspecified atom stereocenters. The molecule has 9 aromatic carbocycles. The van der Waals surface area contributed by atoms with E-state index in [0.717, 1.165) is 99.5 Å². The molecule has 11 rings (SSSR count). The van der Waals surface area contributed by atoms with Crippen LogP contribution in [-0.4, -0.2) is 0 Å². The van der Waals surface area contributed by atoms with Crippen molar-refractivity contribution in [1.29, 1.82) is 10.5 Å². The summed E-state index contributed by atoms with van der Waals surface area (Å²) < 4.78 is 13.7. The van der Waals surface area contributed by atoms with E-state index < -0.39 is 0 Å². The monoisotopic (exact) mass is 826 g/mol. The number of anilines is 6. The fourth-order valence-electron chi connectivity index (χ4n) is 9.17. The van der Waals surface area contributed by atoms with Gasteiger partial charge in [0, 0.05) is 66.4 Å². The van der Waals surface area contributed by atoms with Crippen LogP contribution in [0.15, 0.2) is 179 Å². The van der Waals surface area contributed by atoms with E-state index >= 15 is 0 Å². The topological polar surface area (TPSA) is 80.3 Å². The summed E-state index contributed by atoms with van der Waals surface area (Å²) in [6.07, 6.45) is 0. The second kappa shape index (κ2) is 15.2. The molecule has 0 fully saturated rings. The fraction of sp³-hybridized carbons (Fsp3) is 0.103. The lowest BCUT2D eigenvalue weighted by molar-refractivity contribution is 0.637. The van der Waals surface area contributed by atoms with Crippen LogP contribution < -0.4 is 9.80 Å². The molecular formula is C58H42N4O2. The highest BCUT2D eigenvalue weighted by atomic mass is 16.4. The molecular weight excluding hydrogens is 785 g/mol. The van der Waals surface area contributed by atoms with E-state index in [1.165, 1.54) is 11.1 Å². The van der Waals surface area contributed by atoms with Crippen molar-refractivity contribution >= 4 is 99.5 Å². The third kappa shape index (κ3) is 6.39. The molecule has 0 spiro atoms. The second-order valence-corrected chi connectivity index (χ2v) is 17.2. The van der Waals surface area contributed by atoms with Gasteiger partial charge >= 0.3 is 0 Å². The highest BCUT2D eigenvalue weighted by Gasteiger charge is 2.21. The lowest BCUT2D eigenvalue weighted by Gasteiger charge is -2.26. The number of furan rings is 2. The van der Waals surface area contributed by atoms with E-state index in [2.05, 4.69) is 171 Å². The zero-order valence-electron chi connectivity index (χ0n) is 35.9. The minimum atomic E-state index is 0.426. The summed E-state index contributed by atoms with van der Waals surface area (Å²) in [7, 11) is 0. The molecule has 0 radical (unpaired) electrons. The van der Waals surface area contributed by atoms with E-state index in [9.17, 15) is 10.5 Å². The molecule has 0 aliphatic heterocycles. The number of benzene rings is 9. The van der Waals surface area contributed by atoms with Crippen molar-refractivity contribution in [3.05, 3.63) is 192 Å². The van der Waals surface area contributed by atoms with Crippen molar-refractivity contribution in [3.8, 4) is 12.1 Å². The van der Waals surface area contributed by atoms with Gasteiger partial charge in [-0.05, 0) is 167 Å². The molecule has 0 amide bonds. The molecule has 2 aromatic heterocycles. The summed E-state index contributed by atoms with van der Waals surface area (Å²) in [5, 5.41) is 27.2. The first kappa shape index (κ1) is 38.6. The van der Waals surface area contributed by atoms with Crippen molar-refractivity contribution in [3.63, 3.8) is 0 Å². The van der Waals surface area contributed by atoms with Gasteiger partial charge in [-0.15, -0.1) is 0 Å². The number of rotatable bonds is 8. The summed E-state index contributed by atoms with van der Waals surface area (Å²) in [5.41, 5.74) is 12.9. The van der Waals surface area contributed by atoms with Crippen LogP contribution in [0.5, 0.6) is 0 Å². The molecule has 2 heterocycles. The van der Waals surface area contributed by atoms with Gasteiger partial charge in [0.1, 0.15) is 11.2 Å². The number of nitriles is 2. The summed E-state index contributed by atoms with van der Waals surface area (Å²) in [6.45, 7) is 8.81. The van der Waals surface area contributed by atoms with Crippen molar-refractivity contribution in [2.75, 3.05) is 9.80 Å². The molecule has 0 N–H and O–H groups in total. The average molecular weight is 827 g/mol. The number of fused-ring (bicyclic) bond motifs is 11. The Morgan fingerprint density at radius 1 is 0.344 bits per heavy atom. The normalized spacial score (nSPS) is 11.7. The Kier molecular flexibility index (Phi) is 9.19. The molecule has 306 valence electrons. The zero-order valence-corrected chi connectivity index (χ0v) is 35.9. The van der Waals surface area contributed by atoms with Gasteiger partial charge in [0.25, 0.3) is 0 Å². The van der Waals surface area contributed by atoms with Gasteiger partial charge in [-0.1, -0.05) is 64.1 Å². The molecule has 6 heteroatoms. The third-order valence-corrected chi connectivity index (χ3v) is 12.7. The fourth-order valence-corrected chi connectivity index (χ4v) is 9.17. The van der Waals surface area contributed by atoms with Gasteiger partial charge in [-0.2, -0.15) is 10.5 Å². The first-order valence-electron chi connectivity index (χ1n) is 21.7. The second-order valence-electron chi connectivity index (χ2n) is 17.2. The van der Waals surface area contributed by atoms with Crippen molar-refractivity contribution in [1.82, 2.24) is 0 Å². The number of hydrogen-bond acceptors (Lipinski definition) is 6. The first-order valence-corrected chi connectivity index (χ1v) is 21.7. The van der Waals surface area contributed by atoms with Crippen LogP contribution in [0, 0.1) is 22.7 Å². The van der Waals surface area contributed by atoms with Gasteiger partial charge in [0.15, 0.2) is 11.2 Å². The predicted octanol–water partition coefficient (Wildman–Crippen LogP) is 16.7. The molecule has 64 heavy (non-hydrogen) atoms. The van der Waals surface area contributed by atoms with E-state index in [0.29, 0.717) is 23.0 Å². The van der Waals surface area contributed by atoms with Crippen LogP contribution in [0.25, 0.3) is 65.4 Å². The molecule has 0 aliphatic rings. The van der Waals surface area contributed by atoms with Crippen LogP contribution in [-0.2, 0) is 0 Å². The maximum Gasteiger partial charge on any atom is 0.178 e. The first-order chi connectivity index (χ1) is 31.3. The van der Waals surface area contributed by atoms with Crippen molar-refractivity contribution in [2.45, 2.75) is 39.5 Å². The van der Waals surface area contributed by atoms with Gasteiger partial charge in [0.2, 0.25) is 0 Å². The lowest BCUT2D eigenvalue weighted by atomic mass is 10.0. The van der Waals surface area contributed by atoms with Gasteiger partial charge in [-0.25, -0.2) is 0 Å². The van der Waals surface area contributed by atoms with Crippen molar-refractivity contribution in [2.24, 2.45) is 0 Å². The SMILES string of the molecule is CC(C)c1ccc(N(c2ccc(C#N)cc2)c2ccc3c(ccc4c5ccc6c7ccc8cc(N(c9ccc(C#N)cc9)c9ccc(C(C)C)cc9)ccc8c7oc6c5oc34)c2)cc1. The van der Waals surface area contributed by atoms with Crippen LogP contribution in [0.2, 0.25) is 0 Å². The molecule has 6 nitrogen and oxygen atoms in total. The number of nitrogens with zero attached hydrogens (tertiary/aromatic N) is 4. The Morgan fingerprint density at radius 2 is 0.641 bits per heavy atom. The van der Waals surface area contributed by atoms with Crippen LogP contribution >= 0.6 is 0 Å². The van der Waals surface area contributed by atoms with E-state index in [-0.39, 0.29) is 0 Å². The van der Waals surface area contributed by atoms with E-state index in [4.69, 9.17) is 8.83 Å². The Morgan fingerprint density at radius 3 is 0.984 bits per heavy atom. The summed E-state index contributed by atoms with van der Waals surface area (Å²) in [4.78, 5) is 4.46. The molecule has 0 bridgehead atoms. The summed E-state index contributed by atoms with van der Waals surface area (Å²) in [5.74, 6) is 0.852. The summed E-state index contributed by atoms with van der Waals surface area (Å²) >= 11 is 0. The van der Waals surface area contributed by atoms with Gasteiger partial charge < -0.3 is 18.6 Å². The largest absolute Gasteiger partial charge is 0.451 e. The maximum absolute atomic E-state index is 9.51. The van der Waals surface area contributed by atoms with Crippen LogP contribution in [0.4, 0.5) is 34.1 Å². The average Bonchev–Trinajstić information content (AvgIpc) is 3.92. The van der Waals surface area contributed by atoms with Crippen LogP contribution in [0.3, 0.4) is 0 Å². The van der Waals surface area contributed by atoms with Gasteiger partial charge in [-0.3, -0.25) is 0 Å². The Hall–Kier alpha value is -8.32. The Labute approximate surface area is 371 Å². The molecule has 11 aromatic rings. The molecule has 0 atom stereocenters. The molecule has 0 saturated heterocycles. The standard InChI is InChI=1S/C58H42N4O2/c1-35(2)39-9-19-45(20-10-39)61(43-15-5-37(33-59)6-16-43)47-23-27-49-41(31-47)13-25-51-53-29-30-54-52-26-14-42-32-48(24-28-50(42)56(52)64-58(54)57(53)63-55(49)51)62(44-17-7-38(34-60)8-18-44)46-21-11-40(12-22-46)36(3)4/h5-32,35-36H,1-4H3. The lowest BCUT2D eigenvalue weighted by Crippen LogP contribution is -2.10. The number of hydrogen-bond donors (Lipinski definition) is 0. The minimum Gasteiger partial charge on any atom is -0.451 e. The smallest absolute Gasteiger partial charge is 0.178 e. The maximum atomic E-state index is 9.51. The van der Waals surface area contributed by atoms with Crippen LogP contribution in [0.1, 0.15) is 61.8 Å². The Bertz CT molecular complexity index is 3430. The van der Waals surface area contributed by atoms with Crippen molar-refractivity contribution < 1.29 is 8.83 Å². The van der Waals surface area contributed by atoms with Gasteiger partial charge in [0.05, 0.1) is 23.3 Å². The molecule has 0 aliphatic carbocycles. The quantitative estimate of drug-likeness (QED) is 0.152. The highest BCUT2D eigenvalue weighted by Crippen LogP contribution is 2.45. The highest BCUT2D eigenvalue weighted by molar-refractivity contribution is 6.24. The predicted molar refractivity (Wildman–Crippen MR) is 263 cm³/mol. The molecule has 0 saturated carbocycles. The van der Waals surface area contributed by atoms with E-state index in [1.807, 2.05) is 48.5 Å². The summed E-state index contributed by atoms with van der Waals surface area (Å²) in [6, 6.07) is 63.3. The van der Waals surface area contributed by atoms with E-state index in [1.54, 1.807) is 0 Å². The zero-order chi connectivity index (χ0) is 43.6. The Balaban J connectivity index is 1.01. The minimum absolute atomic E-state index is 0.426.